The molecule has 74 valence electrons. The van der Waals surface area contributed by atoms with E-state index in [-0.39, 0.29) is 5.75 Å². The molecule has 0 radical (unpaired) electrons. The van der Waals surface area contributed by atoms with Crippen LogP contribution in [0.25, 0.3) is 0 Å². The Bertz CT molecular complexity index is 379. The van der Waals surface area contributed by atoms with Crippen LogP contribution >= 0.6 is 11.8 Å². The number of nitrogens with zero attached hydrogens (tertiary/aromatic N) is 1. The smallest absolute Gasteiger partial charge is 0.120 e. The van der Waals surface area contributed by atoms with Crippen molar-refractivity contribution < 1.29 is 5.11 Å². The van der Waals surface area contributed by atoms with Gasteiger partial charge in [-0.15, -0.1) is 11.8 Å². The maximum atomic E-state index is 9.64. The summed E-state index contributed by atoms with van der Waals surface area (Å²) in [7, 11) is 0. The van der Waals surface area contributed by atoms with Gasteiger partial charge in [-0.2, -0.15) is 5.26 Å². The second-order valence-corrected chi connectivity index (χ2v) is 4.50. The number of hydrogen-bond donors (Lipinski definition) is 1. The monoisotopic (exact) mass is 207 g/mol. The van der Waals surface area contributed by atoms with E-state index in [1.54, 1.807) is 31.7 Å². The van der Waals surface area contributed by atoms with E-state index in [1.807, 2.05) is 18.4 Å². The molecule has 3 heteroatoms. The van der Waals surface area contributed by atoms with Crippen molar-refractivity contribution in [2.24, 2.45) is 0 Å². The average molecular weight is 207 g/mol. The van der Waals surface area contributed by atoms with Crippen LogP contribution in [0, 0.1) is 11.3 Å². The SMILES string of the molecule is CSc1ccc(O)c(C(C)(C)C#N)c1. The summed E-state index contributed by atoms with van der Waals surface area (Å²) in [6.45, 7) is 3.60. The molecular formula is C11H13NOS. The highest BCUT2D eigenvalue weighted by Gasteiger charge is 2.23. The first-order chi connectivity index (χ1) is 6.51. The molecule has 1 rings (SSSR count). The first-order valence-corrected chi connectivity index (χ1v) is 5.52. The Morgan fingerprint density at radius 2 is 2.07 bits per heavy atom. The van der Waals surface area contributed by atoms with Crippen molar-refractivity contribution in [1.29, 1.82) is 5.26 Å². The lowest BCUT2D eigenvalue weighted by molar-refractivity contribution is 0.456. The third-order valence-electron chi connectivity index (χ3n) is 2.16. The highest BCUT2D eigenvalue weighted by atomic mass is 32.2. The molecule has 2 nitrogen and oxygen atoms in total. The zero-order chi connectivity index (χ0) is 10.8. The topological polar surface area (TPSA) is 44.0 Å². The number of hydrogen-bond acceptors (Lipinski definition) is 3. The van der Waals surface area contributed by atoms with Crippen LogP contribution in [0.15, 0.2) is 23.1 Å². The van der Waals surface area contributed by atoms with Crippen LogP contribution in [-0.2, 0) is 5.41 Å². The summed E-state index contributed by atoms with van der Waals surface area (Å²) < 4.78 is 0. The molecule has 0 saturated heterocycles. The van der Waals surface area contributed by atoms with E-state index in [2.05, 4.69) is 6.07 Å². The summed E-state index contributed by atoms with van der Waals surface area (Å²) in [6.07, 6.45) is 1.97. The van der Waals surface area contributed by atoms with Gasteiger partial charge >= 0.3 is 0 Å². The van der Waals surface area contributed by atoms with E-state index < -0.39 is 5.41 Å². The van der Waals surface area contributed by atoms with E-state index in [4.69, 9.17) is 5.26 Å². The lowest BCUT2D eigenvalue weighted by atomic mass is 9.86. The second kappa shape index (κ2) is 3.93. The average Bonchev–Trinajstić information content (AvgIpc) is 2.18. The van der Waals surface area contributed by atoms with Gasteiger partial charge in [0.15, 0.2) is 0 Å². The molecule has 0 atom stereocenters. The Hall–Kier alpha value is -1.14. The first-order valence-electron chi connectivity index (χ1n) is 4.30. The predicted octanol–water partition coefficient (Wildman–Crippen LogP) is 2.92. The molecule has 1 aromatic carbocycles. The first kappa shape index (κ1) is 10.9. The molecule has 0 heterocycles. The van der Waals surface area contributed by atoms with Gasteiger partial charge in [-0.3, -0.25) is 0 Å². The Balaban J connectivity index is 3.27. The number of aromatic hydroxyl groups is 1. The van der Waals surface area contributed by atoms with Crippen molar-refractivity contribution in [3.8, 4) is 11.8 Å². The maximum absolute atomic E-state index is 9.64. The molecular weight excluding hydrogens is 194 g/mol. The van der Waals surface area contributed by atoms with Gasteiger partial charge in [0, 0.05) is 10.5 Å². The van der Waals surface area contributed by atoms with Crippen molar-refractivity contribution in [2.45, 2.75) is 24.2 Å². The van der Waals surface area contributed by atoms with Gasteiger partial charge in [-0.1, -0.05) is 0 Å². The molecule has 0 saturated carbocycles. The van der Waals surface area contributed by atoms with E-state index >= 15 is 0 Å². The van der Waals surface area contributed by atoms with Crippen LogP contribution in [0.1, 0.15) is 19.4 Å². The van der Waals surface area contributed by atoms with Gasteiger partial charge < -0.3 is 5.11 Å². The van der Waals surface area contributed by atoms with Crippen molar-refractivity contribution in [2.75, 3.05) is 6.26 Å². The van der Waals surface area contributed by atoms with Crippen molar-refractivity contribution in [3.63, 3.8) is 0 Å². The largest absolute Gasteiger partial charge is 0.508 e. The Kier molecular flexibility index (Phi) is 3.07. The van der Waals surface area contributed by atoms with Gasteiger partial charge in [-0.25, -0.2) is 0 Å². The normalized spacial score (nSPS) is 11.0. The fourth-order valence-electron chi connectivity index (χ4n) is 1.20. The van der Waals surface area contributed by atoms with Gasteiger partial charge in [-0.05, 0) is 38.3 Å². The van der Waals surface area contributed by atoms with Crippen LogP contribution in [0.2, 0.25) is 0 Å². The molecule has 0 aromatic heterocycles. The second-order valence-electron chi connectivity index (χ2n) is 3.62. The molecule has 0 fully saturated rings. The molecule has 0 unspecified atom stereocenters. The molecule has 0 bridgehead atoms. The van der Waals surface area contributed by atoms with Gasteiger partial charge in [0.2, 0.25) is 0 Å². The standard InChI is InChI=1S/C11H13NOS/c1-11(2,7-12)9-6-8(14-3)4-5-10(9)13/h4-6,13H,1-3H3. The fraction of sp³-hybridized carbons (Fsp3) is 0.364. The number of thioether (sulfide) groups is 1. The number of rotatable bonds is 2. The van der Waals surface area contributed by atoms with Gasteiger partial charge in [0.05, 0.1) is 11.5 Å². The van der Waals surface area contributed by atoms with E-state index in [0.29, 0.717) is 5.56 Å². The lowest BCUT2D eigenvalue weighted by Gasteiger charge is -2.17. The van der Waals surface area contributed by atoms with E-state index in [1.165, 1.54) is 0 Å². The van der Waals surface area contributed by atoms with Crippen molar-refractivity contribution in [3.05, 3.63) is 23.8 Å². The van der Waals surface area contributed by atoms with Crippen LogP contribution < -0.4 is 0 Å². The Morgan fingerprint density at radius 3 is 2.57 bits per heavy atom. The molecule has 1 aromatic rings. The number of phenolic OH excluding ortho intramolecular Hbond substituents is 1. The van der Waals surface area contributed by atoms with Crippen LogP contribution in [-0.4, -0.2) is 11.4 Å². The third kappa shape index (κ3) is 2.02. The number of benzene rings is 1. The van der Waals surface area contributed by atoms with E-state index in [9.17, 15) is 5.11 Å². The molecule has 0 spiro atoms. The predicted molar refractivity (Wildman–Crippen MR) is 58.5 cm³/mol. The Morgan fingerprint density at radius 1 is 1.43 bits per heavy atom. The van der Waals surface area contributed by atoms with Gasteiger partial charge in [0.1, 0.15) is 5.75 Å². The van der Waals surface area contributed by atoms with Crippen LogP contribution in [0.4, 0.5) is 0 Å². The molecule has 0 amide bonds. The van der Waals surface area contributed by atoms with Gasteiger partial charge in [0.25, 0.3) is 0 Å². The van der Waals surface area contributed by atoms with Crippen molar-refractivity contribution in [1.82, 2.24) is 0 Å². The summed E-state index contributed by atoms with van der Waals surface area (Å²) in [4.78, 5) is 1.06. The highest BCUT2D eigenvalue weighted by molar-refractivity contribution is 7.98. The number of phenols is 1. The van der Waals surface area contributed by atoms with Crippen LogP contribution in [0.5, 0.6) is 5.75 Å². The summed E-state index contributed by atoms with van der Waals surface area (Å²) in [5, 5.41) is 18.6. The minimum atomic E-state index is -0.643. The number of nitriles is 1. The van der Waals surface area contributed by atoms with E-state index in [0.717, 1.165) is 4.90 Å². The molecule has 0 aliphatic rings. The molecule has 0 aliphatic carbocycles. The molecule has 14 heavy (non-hydrogen) atoms. The quantitative estimate of drug-likeness (QED) is 0.758. The van der Waals surface area contributed by atoms with Crippen molar-refractivity contribution >= 4 is 11.8 Å². The molecule has 0 aliphatic heterocycles. The summed E-state index contributed by atoms with van der Waals surface area (Å²) in [5.74, 6) is 0.189. The summed E-state index contributed by atoms with van der Waals surface area (Å²) in [5.41, 5.74) is 0.0439. The minimum Gasteiger partial charge on any atom is -0.508 e. The lowest BCUT2D eigenvalue weighted by Crippen LogP contribution is -2.14. The molecule has 1 N–H and O–H groups in total. The highest BCUT2D eigenvalue weighted by Crippen LogP contribution is 2.33. The summed E-state index contributed by atoms with van der Waals surface area (Å²) in [6, 6.07) is 7.53. The fourth-order valence-corrected chi connectivity index (χ4v) is 1.64. The minimum absolute atomic E-state index is 0.189. The zero-order valence-corrected chi connectivity index (χ0v) is 9.35. The Labute approximate surface area is 88.6 Å². The van der Waals surface area contributed by atoms with Crippen LogP contribution in [0.3, 0.4) is 0 Å². The maximum Gasteiger partial charge on any atom is 0.120 e. The third-order valence-corrected chi connectivity index (χ3v) is 2.88. The zero-order valence-electron chi connectivity index (χ0n) is 8.53. The summed E-state index contributed by atoms with van der Waals surface area (Å²) >= 11 is 1.60.